The minimum absolute atomic E-state index is 0. The van der Waals surface area contributed by atoms with Crippen molar-refractivity contribution in [3.05, 3.63) is 34.3 Å². The summed E-state index contributed by atoms with van der Waals surface area (Å²) in [6.07, 6.45) is -4.52. The number of hydrogen-bond acceptors (Lipinski definition) is 2. The van der Waals surface area contributed by atoms with E-state index in [2.05, 4.69) is 0 Å². The highest BCUT2D eigenvalue weighted by Crippen LogP contribution is 2.40. The van der Waals surface area contributed by atoms with Gasteiger partial charge in [0.1, 0.15) is 0 Å². The van der Waals surface area contributed by atoms with Gasteiger partial charge in [0.2, 0.25) is 0 Å². The molecule has 0 saturated carbocycles. The Balaban J connectivity index is 0.00000324. The standard InChI is InChI=1S/C12H15ClF3NO.ClH/c1-11(2,6-18)10(17)8-4-3-7(13)5-9(8)12(14,15)16;/h3-5,10,18H,6,17H2,1-2H3;1H/t10-;/m1./s1. The molecule has 7 heteroatoms. The summed E-state index contributed by atoms with van der Waals surface area (Å²) in [6, 6.07) is 2.54. The molecule has 0 aliphatic carbocycles. The quantitative estimate of drug-likeness (QED) is 0.890. The lowest BCUT2D eigenvalue weighted by molar-refractivity contribution is -0.138. The summed E-state index contributed by atoms with van der Waals surface area (Å²) in [5, 5.41) is 9.19. The molecular formula is C12H16Cl2F3NO. The lowest BCUT2D eigenvalue weighted by Crippen LogP contribution is -2.34. The Morgan fingerprint density at radius 2 is 1.84 bits per heavy atom. The van der Waals surface area contributed by atoms with Crippen LogP contribution in [-0.2, 0) is 6.18 Å². The molecule has 3 N–H and O–H groups in total. The van der Waals surface area contributed by atoms with Gasteiger partial charge in [0.05, 0.1) is 5.56 Å². The molecule has 0 radical (unpaired) electrons. The number of aliphatic hydroxyl groups excluding tert-OH is 1. The fraction of sp³-hybridized carbons (Fsp3) is 0.500. The van der Waals surface area contributed by atoms with Crippen molar-refractivity contribution in [3.63, 3.8) is 0 Å². The molecule has 0 spiro atoms. The molecule has 1 aromatic carbocycles. The Hall–Kier alpha value is -0.490. The van der Waals surface area contributed by atoms with Gasteiger partial charge in [-0.05, 0) is 17.7 Å². The summed E-state index contributed by atoms with van der Waals surface area (Å²) in [7, 11) is 0. The molecule has 19 heavy (non-hydrogen) atoms. The van der Waals surface area contributed by atoms with Crippen LogP contribution in [-0.4, -0.2) is 11.7 Å². The zero-order valence-electron chi connectivity index (χ0n) is 10.5. The van der Waals surface area contributed by atoms with E-state index in [9.17, 15) is 18.3 Å². The summed E-state index contributed by atoms with van der Waals surface area (Å²) in [5.41, 5.74) is 4.05. The predicted molar refractivity (Wildman–Crippen MR) is 71.5 cm³/mol. The molecule has 2 nitrogen and oxygen atoms in total. The molecule has 0 bridgehead atoms. The van der Waals surface area contributed by atoms with Crippen molar-refractivity contribution in [2.45, 2.75) is 26.1 Å². The molecule has 0 amide bonds. The van der Waals surface area contributed by atoms with Crippen molar-refractivity contribution in [1.29, 1.82) is 0 Å². The van der Waals surface area contributed by atoms with E-state index in [0.29, 0.717) is 0 Å². The molecule has 1 rings (SSSR count). The second-order valence-corrected chi connectivity index (χ2v) is 5.29. The van der Waals surface area contributed by atoms with Crippen LogP contribution in [0.2, 0.25) is 5.02 Å². The number of hydrogen-bond donors (Lipinski definition) is 2. The maximum absolute atomic E-state index is 12.9. The topological polar surface area (TPSA) is 46.2 Å². The monoisotopic (exact) mass is 317 g/mol. The Kier molecular flexibility index (Phi) is 6.14. The molecule has 0 saturated heterocycles. The molecule has 0 aliphatic heterocycles. The van der Waals surface area contributed by atoms with Crippen LogP contribution in [0.1, 0.15) is 31.0 Å². The highest BCUT2D eigenvalue weighted by atomic mass is 35.5. The average molecular weight is 318 g/mol. The van der Waals surface area contributed by atoms with Crippen molar-refractivity contribution in [3.8, 4) is 0 Å². The highest BCUT2D eigenvalue weighted by molar-refractivity contribution is 6.30. The van der Waals surface area contributed by atoms with E-state index in [-0.39, 0.29) is 29.6 Å². The van der Waals surface area contributed by atoms with Gasteiger partial charge in [-0.25, -0.2) is 0 Å². The molecule has 0 aliphatic rings. The second kappa shape index (κ2) is 6.31. The maximum Gasteiger partial charge on any atom is 0.416 e. The third-order valence-corrected chi connectivity index (χ3v) is 3.14. The van der Waals surface area contributed by atoms with Crippen molar-refractivity contribution < 1.29 is 18.3 Å². The number of benzene rings is 1. The Labute approximate surface area is 121 Å². The van der Waals surface area contributed by atoms with E-state index in [1.165, 1.54) is 12.1 Å². The molecule has 0 unspecified atom stereocenters. The largest absolute Gasteiger partial charge is 0.416 e. The first-order valence-corrected chi connectivity index (χ1v) is 5.70. The van der Waals surface area contributed by atoms with E-state index in [1.807, 2.05) is 0 Å². The van der Waals surface area contributed by atoms with Gasteiger partial charge in [-0.1, -0.05) is 31.5 Å². The summed E-state index contributed by atoms with van der Waals surface area (Å²) in [6.45, 7) is 2.90. The van der Waals surface area contributed by atoms with Crippen LogP contribution in [0.15, 0.2) is 18.2 Å². The molecule has 1 aromatic rings. The average Bonchev–Trinajstić information content (AvgIpc) is 2.27. The van der Waals surface area contributed by atoms with Gasteiger partial charge in [0, 0.05) is 23.1 Å². The molecule has 0 heterocycles. The maximum atomic E-state index is 12.9. The van der Waals surface area contributed by atoms with Gasteiger partial charge in [0.15, 0.2) is 0 Å². The lowest BCUT2D eigenvalue weighted by Gasteiger charge is -2.31. The number of rotatable bonds is 3. The highest BCUT2D eigenvalue weighted by Gasteiger charge is 2.38. The van der Waals surface area contributed by atoms with Crippen molar-refractivity contribution in [2.24, 2.45) is 11.1 Å². The number of aliphatic hydroxyl groups is 1. The zero-order chi connectivity index (χ0) is 14.1. The first kappa shape index (κ1) is 18.5. The van der Waals surface area contributed by atoms with Gasteiger partial charge < -0.3 is 10.8 Å². The fourth-order valence-electron chi connectivity index (χ4n) is 1.56. The third kappa shape index (κ3) is 4.24. The number of halogens is 5. The summed E-state index contributed by atoms with van der Waals surface area (Å²) in [4.78, 5) is 0. The first-order valence-electron chi connectivity index (χ1n) is 5.32. The zero-order valence-corrected chi connectivity index (χ0v) is 12.0. The number of alkyl halides is 3. The SMILES string of the molecule is CC(C)(CO)[C@H](N)c1ccc(Cl)cc1C(F)(F)F.Cl. The summed E-state index contributed by atoms with van der Waals surface area (Å²) < 4.78 is 38.7. The Morgan fingerprint density at radius 3 is 2.26 bits per heavy atom. The summed E-state index contributed by atoms with van der Waals surface area (Å²) >= 11 is 5.59. The van der Waals surface area contributed by atoms with E-state index >= 15 is 0 Å². The van der Waals surface area contributed by atoms with Crippen LogP contribution in [0.3, 0.4) is 0 Å². The van der Waals surface area contributed by atoms with Crippen LogP contribution in [0.5, 0.6) is 0 Å². The van der Waals surface area contributed by atoms with Crippen LogP contribution < -0.4 is 5.73 Å². The van der Waals surface area contributed by atoms with E-state index in [4.69, 9.17) is 17.3 Å². The van der Waals surface area contributed by atoms with Gasteiger partial charge in [-0.15, -0.1) is 12.4 Å². The van der Waals surface area contributed by atoms with E-state index in [0.717, 1.165) is 6.07 Å². The van der Waals surface area contributed by atoms with E-state index in [1.54, 1.807) is 13.8 Å². The number of nitrogens with two attached hydrogens (primary N) is 1. The minimum Gasteiger partial charge on any atom is -0.396 e. The van der Waals surface area contributed by atoms with Gasteiger partial charge >= 0.3 is 6.18 Å². The lowest BCUT2D eigenvalue weighted by atomic mass is 9.80. The Bertz CT molecular complexity index is 435. The predicted octanol–water partition coefficient (Wildman–Crippen LogP) is 3.80. The van der Waals surface area contributed by atoms with Crippen LogP contribution in [0.4, 0.5) is 13.2 Å². The van der Waals surface area contributed by atoms with Crippen molar-refractivity contribution in [1.82, 2.24) is 0 Å². The molecule has 0 aromatic heterocycles. The van der Waals surface area contributed by atoms with Gasteiger partial charge in [-0.2, -0.15) is 13.2 Å². The van der Waals surface area contributed by atoms with Crippen LogP contribution >= 0.6 is 24.0 Å². The third-order valence-electron chi connectivity index (χ3n) is 2.91. The second-order valence-electron chi connectivity index (χ2n) is 4.85. The normalized spacial score (nSPS) is 13.9. The Morgan fingerprint density at radius 1 is 1.32 bits per heavy atom. The molecule has 1 atom stereocenters. The molecule has 110 valence electrons. The van der Waals surface area contributed by atoms with Crippen LogP contribution in [0.25, 0.3) is 0 Å². The van der Waals surface area contributed by atoms with E-state index < -0.39 is 23.2 Å². The van der Waals surface area contributed by atoms with Gasteiger partial charge in [0.25, 0.3) is 0 Å². The molecule has 0 fully saturated rings. The molecular weight excluding hydrogens is 302 g/mol. The van der Waals surface area contributed by atoms with Crippen molar-refractivity contribution >= 4 is 24.0 Å². The van der Waals surface area contributed by atoms with Crippen LogP contribution in [0, 0.1) is 5.41 Å². The first-order chi connectivity index (χ1) is 8.09. The smallest absolute Gasteiger partial charge is 0.396 e. The van der Waals surface area contributed by atoms with Crippen molar-refractivity contribution in [2.75, 3.05) is 6.61 Å². The summed E-state index contributed by atoms with van der Waals surface area (Å²) in [5.74, 6) is 0. The van der Waals surface area contributed by atoms with Gasteiger partial charge in [-0.3, -0.25) is 0 Å². The fourth-order valence-corrected chi connectivity index (χ4v) is 1.74. The minimum atomic E-state index is -4.52.